The molecule has 9 heteroatoms. The standard InChI is InChI=1S/C13H11N3O5S/c1-22(20,21)13-14-6-8(7-15-13)11(17)16-10-5-3-2-4-9(10)12(18)19/h2-7H,1H3,(H,16,17)(H,18,19). The number of carbonyl (C=O) groups is 2. The number of carbonyl (C=O) groups excluding carboxylic acids is 1. The molecule has 0 spiro atoms. The van der Waals surface area contributed by atoms with E-state index < -0.39 is 26.9 Å². The predicted molar refractivity (Wildman–Crippen MR) is 76.5 cm³/mol. The van der Waals surface area contributed by atoms with Gasteiger partial charge in [-0.05, 0) is 12.1 Å². The Labute approximate surface area is 125 Å². The van der Waals surface area contributed by atoms with Crippen molar-refractivity contribution in [2.45, 2.75) is 5.16 Å². The number of aromatic nitrogens is 2. The van der Waals surface area contributed by atoms with Crippen molar-refractivity contribution >= 4 is 27.4 Å². The summed E-state index contributed by atoms with van der Waals surface area (Å²) >= 11 is 0. The Morgan fingerprint density at radius 1 is 1.14 bits per heavy atom. The molecule has 0 unspecified atom stereocenters. The maximum atomic E-state index is 12.0. The summed E-state index contributed by atoms with van der Waals surface area (Å²) in [5.41, 5.74) is 0.0595. The molecule has 2 N–H and O–H groups in total. The zero-order chi connectivity index (χ0) is 16.3. The number of hydrogen-bond acceptors (Lipinski definition) is 6. The third kappa shape index (κ3) is 3.44. The lowest BCUT2D eigenvalue weighted by Gasteiger charge is -2.08. The van der Waals surface area contributed by atoms with Crippen LogP contribution in [0.1, 0.15) is 20.7 Å². The first-order valence-electron chi connectivity index (χ1n) is 5.95. The van der Waals surface area contributed by atoms with Gasteiger partial charge in [-0.1, -0.05) is 12.1 Å². The molecule has 0 bridgehead atoms. The Morgan fingerprint density at radius 3 is 2.27 bits per heavy atom. The van der Waals surface area contributed by atoms with Crippen molar-refractivity contribution in [1.82, 2.24) is 9.97 Å². The minimum absolute atomic E-state index is 0.00703. The Kier molecular flexibility index (Phi) is 4.18. The molecular weight excluding hydrogens is 310 g/mol. The molecule has 1 aromatic heterocycles. The van der Waals surface area contributed by atoms with Crippen LogP contribution in [0.3, 0.4) is 0 Å². The van der Waals surface area contributed by atoms with Crippen LogP contribution in [0.5, 0.6) is 0 Å². The largest absolute Gasteiger partial charge is 0.478 e. The molecule has 0 fully saturated rings. The summed E-state index contributed by atoms with van der Waals surface area (Å²) in [5, 5.41) is 11.1. The van der Waals surface area contributed by atoms with Crippen molar-refractivity contribution in [3.05, 3.63) is 47.8 Å². The summed E-state index contributed by atoms with van der Waals surface area (Å²) in [4.78, 5) is 30.3. The van der Waals surface area contributed by atoms with Crippen LogP contribution >= 0.6 is 0 Å². The summed E-state index contributed by atoms with van der Waals surface area (Å²) in [7, 11) is -3.55. The molecule has 0 radical (unpaired) electrons. The third-order valence-corrected chi connectivity index (χ3v) is 3.50. The second-order valence-corrected chi connectivity index (χ2v) is 6.24. The SMILES string of the molecule is CS(=O)(=O)c1ncc(C(=O)Nc2ccccc2C(=O)O)cn1. The zero-order valence-electron chi connectivity index (χ0n) is 11.3. The van der Waals surface area contributed by atoms with Crippen LogP contribution in [0.4, 0.5) is 5.69 Å². The molecule has 8 nitrogen and oxygen atoms in total. The van der Waals surface area contributed by atoms with Gasteiger partial charge in [0, 0.05) is 18.6 Å². The first-order valence-corrected chi connectivity index (χ1v) is 7.84. The number of nitrogens with one attached hydrogen (secondary N) is 1. The smallest absolute Gasteiger partial charge is 0.337 e. The van der Waals surface area contributed by atoms with Gasteiger partial charge in [-0.2, -0.15) is 0 Å². The van der Waals surface area contributed by atoms with E-state index in [-0.39, 0.29) is 16.8 Å². The Hall–Kier alpha value is -2.81. The monoisotopic (exact) mass is 321 g/mol. The molecule has 0 aliphatic heterocycles. The number of carboxylic acid groups (broad SMARTS) is 1. The van der Waals surface area contributed by atoms with Gasteiger partial charge in [0.1, 0.15) is 0 Å². The van der Waals surface area contributed by atoms with Crippen LogP contribution in [-0.2, 0) is 9.84 Å². The molecule has 0 saturated carbocycles. The third-order valence-electron chi connectivity index (χ3n) is 2.63. The normalized spacial score (nSPS) is 11.0. The lowest BCUT2D eigenvalue weighted by Crippen LogP contribution is -2.16. The second kappa shape index (κ2) is 5.90. The molecule has 0 aliphatic rings. The second-order valence-electron chi connectivity index (χ2n) is 4.33. The maximum absolute atomic E-state index is 12.0. The van der Waals surface area contributed by atoms with E-state index >= 15 is 0 Å². The molecule has 114 valence electrons. The number of carboxylic acids is 1. The molecule has 2 rings (SSSR count). The summed E-state index contributed by atoms with van der Waals surface area (Å²) < 4.78 is 22.5. The fourth-order valence-electron chi connectivity index (χ4n) is 1.60. The lowest BCUT2D eigenvalue weighted by atomic mass is 10.1. The van der Waals surface area contributed by atoms with Crippen molar-refractivity contribution in [3.63, 3.8) is 0 Å². The van der Waals surface area contributed by atoms with E-state index in [1.54, 1.807) is 6.07 Å². The lowest BCUT2D eigenvalue weighted by molar-refractivity contribution is 0.0698. The van der Waals surface area contributed by atoms with Crippen LogP contribution in [0.15, 0.2) is 41.8 Å². The Balaban J connectivity index is 2.25. The average Bonchev–Trinajstić information content (AvgIpc) is 2.46. The van der Waals surface area contributed by atoms with Crippen molar-refractivity contribution in [1.29, 1.82) is 0 Å². The number of para-hydroxylation sites is 1. The van der Waals surface area contributed by atoms with E-state index in [1.165, 1.54) is 18.2 Å². The van der Waals surface area contributed by atoms with Gasteiger partial charge in [0.25, 0.3) is 5.91 Å². The van der Waals surface area contributed by atoms with Gasteiger partial charge in [-0.3, -0.25) is 4.79 Å². The van der Waals surface area contributed by atoms with E-state index in [0.29, 0.717) is 0 Å². The van der Waals surface area contributed by atoms with Crippen molar-refractivity contribution in [2.24, 2.45) is 0 Å². The number of rotatable bonds is 4. The van der Waals surface area contributed by atoms with E-state index in [2.05, 4.69) is 15.3 Å². The number of hydrogen-bond donors (Lipinski definition) is 2. The topological polar surface area (TPSA) is 126 Å². The number of benzene rings is 1. The predicted octanol–water partition coefficient (Wildman–Crippen LogP) is 0.831. The molecular formula is C13H11N3O5S. The molecule has 22 heavy (non-hydrogen) atoms. The minimum Gasteiger partial charge on any atom is -0.478 e. The zero-order valence-corrected chi connectivity index (χ0v) is 12.2. The number of sulfone groups is 1. The molecule has 0 saturated heterocycles. The van der Waals surface area contributed by atoms with Crippen molar-refractivity contribution < 1.29 is 23.1 Å². The summed E-state index contributed by atoms with van der Waals surface area (Å²) in [5.74, 6) is -1.83. The van der Waals surface area contributed by atoms with Crippen LogP contribution in [0, 0.1) is 0 Å². The molecule has 2 aromatic rings. The Bertz CT molecular complexity index is 831. The fraction of sp³-hybridized carbons (Fsp3) is 0.0769. The molecule has 0 atom stereocenters. The van der Waals surface area contributed by atoms with Crippen LogP contribution in [0.2, 0.25) is 0 Å². The average molecular weight is 321 g/mol. The molecule has 1 amide bonds. The van der Waals surface area contributed by atoms with Gasteiger partial charge < -0.3 is 10.4 Å². The highest BCUT2D eigenvalue weighted by atomic mass is 32.2. The summed E-state index contributed by atoms with van der Waals surface area (Å²) in [6, 6.07) is 5.89. The number of aromatic carboxylic acids is 1. The van der Waals surface area contributed by atoms with Crippen molar-refractivity contribution in [3.8, 4) is 0 Å². The fourth-order valence-corrected chi connectivity index (χ4v) is 2.09. The van der Waals surface area contributed by atoms with Crippen LogP contribution in [-0.4, -0.2) is 41.6 Å². The Morgan fingerprint density at radius 2 is 1.73 bits per heavy atom. The minimum atomic E-state index is -3.55. The van der Waals surface area contributed by atoms with Crippen LogP contribution < -0.4 is 5.32 Å². The van der Waals surface area contributed by atoms with Gasteiger partial charge in [0.15, 0.2) is 0 Å². The first-order chi connectivity index (χ1) is 10.3. The number of anilines is 1. The van der Waals surface area contributed by atoms with Gasteiger partial charge >= 0.3 is 5.97 Å². The molecule has 0 aliphatic carbocycles. The maximum Gasteiger partial charge on any atom is 0.337 e. The first kappa shape index (κ1) is 15.6. The summed E-state index contributed by atoms with van der Waals surface area (Å²) in [6.45, 7) is 0. The molecule has 1 heterocycles. The highest BCUT2D eigenvalue weighted by molar-refractivity contribution is 7.90. The van der Waals surface area contributed by atoms with E-state index in [4.69, 9.17) is 5.11 Å². The van der Waals surface area contributed by atoms with Crippen LogP contribution in [0.25, 0.3) is 0 Å². The van der Waals surface area contributed by atoms with E-state index in [1.807, 2.05) is 0 Å². The van der Waals surface area contributed by atoms with Gasteiger partial charge in [-0.25, -0.2) is 23.2 Å². The van der Waals surface area contributed by atoms with Crippen molar-refractivity contribution in [2.75, 3.05) is 11.6 Å². The highest BCUT2D eigenvalue weighted by Gasteiger charge is 2.15. The number of amides is 1. The highest BCUT2D eigenvalue weighted by Crippen LogP contribution is 2.16. The van der Waals surface area contributed by atoms with E-state index in [0.717, 1.165) is 18.6 Å². The van der Waals surface area contributed by atoms with Gasteiger partial charge in [0.05, 0.1) is 16.8 Å². The molecule has 1 aromatic carbocycles. The van der Waals surface area contributed by atoms with Gasteiger partial charge in [0.2, 0.25) is 15.0 Å². The number of nitrogens with zero attached hydrogens (tertiary/aromatic N) is 2. The quantitative estimate of drug-likeness (QED) is 0.798. The summed E-state index contributed by atoms with van der Waals surface area (Å²) in [6.07, 6.45) is 3.06. The van der Waals surface area contributed by atoms with Gasteiger partial charge in [-0.15, -0.1) is 0 Å². The van der Waals surface area contributed by atoms with E-state index in [9.17, 15) is 18.0 Å².